The summed E-state index contributed by atoms with van der Waals surface area (Å²) in [6.45, 7) is 11.4. The molecule has 0 aliphatic carbocycles. The van der Waals surface area contributed by atoms with Crippen LogP contribution in [-0.4, -0.2) is 55.0 Å². The highest BCUT2D eigenvalue weighted by atomic mass is 32.1. The molecule has 1 amide bonds. The number of carbonyl (C=O) groups excluding carboxylic acids is 1. The molecule has 26 heavy (non-hydrogen) atoms. The van der Waals surface area contributed by atoms with E-state index in [4.69, 9.17) is 0 Å². The van der Waals surface area contributed by atoms with Gasteiger partial charge in [-0.3, -0.25) is 9.69 Å². The number of thiophene rings is 1. The lowest BCUT2D eigenvalue weighted by molar-refractivity contribution is -0.132. The first-order valence-electron chi connectivity index (χ1n) is 9.09. The molecule has 1 aromatic heterocycles. The maximum Gasteiger partial charge on any atom is 0.237 e. The summed E-state index contributed by atoms with van der Waals surface area (Å²) in [6, 6.07) is 10.7. The van der Waals surface area contributed by atoms with Crippen LogP contribution < -0.4 is 4.90 Å². The average Bonchev–Trinajstić information content (AvgIpc) is 3.15. The Labute approximate surface area is 160 Å². The molecular formula is C21H27N3OS. The zero-order chi connectivity index (χ0) is 18.4. The lowest BCUT2D eigenvalue weighted by Crippen LogP contribution is -2.50. The van der Waals surface area contributed by atoms with Gasteiger partial charge in [-0.2, -0.15) is 11.3 Å². The first-order valence-corrected chi connectivity index (χ1v) is 10.0. The molecule has 1 saturated heterocycles. The molecule has 1 aliphatic rings. The molecule has 4 nitrogen and oxygen atoms in total. The first-order chi connectivity index (χ1) is 12.7. The highest BCUT2D eigenvalue weighted by molar-refractivity contribution is 7.07. The maximum atomic E-state index is 12.8. The van der Waals surface area contributed by atoms with E-state index in [1.807, 2.05) is 4.90 Å². The van der Waals surface area contributed by atoms with Crippen LogP contribution in [0.5, 0.6) is 0 Å². The number of hydrogen-bond donors (Lipinski definition) is 0. The van der Waals surface area contributed by atoms with Crippen molar-refractivity contribution in [3.63, 3.8) is 0 Å². The molecule has 0 spiro atoms. The second-order valence-corrected chi connectivity index (χ2v) is 7.58. The number of anilines is 1. The molecule has 3 rings (SSSR count). The lowest BCUT2D eigenvalue weighted by Gasteiger charge is -2.36. The Morgan fingerprint density at radius 2 is 2.08 bits per heavy atom. The molecule has 2 aromatic rings. The van der Waals surface area contributed by atoms with Crippen LogP contribution in [0.15, 0.2) is 53.7 Å². The van der Waals surface area contributed by atoms with Crippen molar-refractivity contribution in [1.29, 1.82) is 0 Å². The van der Waals surface area contributed by atoms with Crippen LogP contribution in [0, 0.1) is 6.92 Å². The summed E-state index contributed by atoms with van der Waals surface area (Å²) in [4.78, 5) is 19.3. The minimum atomic E-state index is 0.181. The first kappa shape index (κ1) is 18.7. The van der Waals surface area contributed by atoms with E-state index >= 15 is 0 Å². The Bertz CT molecular complexity index is 721. The van der Waals surface area contributed by atoms with Gasteiger partial charge in [-0.15, -0.1) is 6.58 Å². The van der Waals surface area contributed by atoms with Crippen molar-refractivity contribution >= 4 is 22.9 Å². The van der Waals surface area contributed by atoms with Gasteiger partial charge in [0.15, 0.2) is 0 Å². The molecule has 0 atom stereocenters. The molecule has 2 heterocycles. The normalized spacial score (nSPS) is 15.0. The molecule has 0 unspecified atom stereocenters. The number of hydrogen-bond acceptors (Lipinski definition) is 4. The second kappa shape index (κ2) is 9.01. The van der Waals surface area contributed by atoms with Gasteiger partial charge in [-0.05, 0) is 47.0 Å². The van der Waals surface area contributed by atoms with E-state index in [0.29, 0.717) is 19.6 Å². The zero-order valence-corrected chi connectivity index (χ0v) is 16.3. The Balaban J connectivity index is 1.52. The van der Waals surface area contributed by atoms with E-state index in [-0.39, 0.29) is 5.91 Å². The van der Waals surface area contributed by atoms with Gasteiger partial charge in [0.25, 0.3) is 0 Å². The van der Waals surface area contributed by atoms with Gasteiger partial charge < -0.3 is 9.80 Å². The Hall–Kier alpha value is -2.11. The minimum absolute atomic E-state index is 0.181. The third kappa shape index (κ3) is 4.96. The number of benzene rings is 1. The van der Waals surface area contributed by atoms with Crippen molar-refractivity contribution < 1.29 is 4.79 Å². The lowest BCUT2D eigenvalue weighted by atomic mass is 10.2. The van der Waals surface area contributed by atoms with Gasteiger partial charge in [0.1, 0.15) is 0 Å². The molecule has 1 fully saturated rings. The summed E-state index contributed by atoms with van der Waals surface area (Å²) < 4.78 is 0. The summed E-state index contributed by atoms with van der Waals surface area (Å²) in [5, 5.41) is 4.15. The molecule has 0 saturated carbocycles. The minimum Gasteiger partial charge on any atom is -0.369 e. The molecule has 0 bridgehead atoms. The highest BCUT2D eigenvalue weighted by Gasteiger charge is 2.21. The average molecular weight is 370 g/mol. The topological polar surface area (TPSA) is 26.8 Å². The number of amides is 1. The Kier molecular flexibility index (Phi) is 6.47. The van der Waals surface area contributed by atoms with Gasteiger partial charge in [0.2, 0.25) is 5.91 Å². The van der Waals surface area contributed by atoms with Crippen LogP contribution in [0.4, 0.5) is 5.69 Å². The van der Waals surface area contributed by atoms with E-state index < -0.39 is 0 Å². The quantitative estimate of drug-likeness (QED) is 0.700. The fourth-order valence-corrected chi connectivity index (χ4v) is 3.95. The van der Waals surface area contributed by atoms with Crippen molar-refractivity contribution in [1.82, 2.24) is 9.80 Å². The van der Waals surface area contributed by atoms with E-state index in [1.165, 1.54) is 16.8 Å². The monoisotopic (exact) mass is 369 g/mol. The second-order valence-electron chi connectivity index (χ2n) is 6.80. The molecular weight excluding hydrogens is 342 g/mol. The van der Waals surface area contributed by atoms with Crippen LogP contribution in [0.3, 0.4) is 0 Å². The summed E-state index contributed by atoms with van der Waals surface area (Å²) in [7, 11) is 0. The standard InChI is InChI=1S/C21H27N3OS/c1-3-8-24(15-19-7-13-26-17-19)21(25)16-22-9-11-23(12-10-22)20-6-4-5-18(2)14-20/h3-7,13-14,17H,1,8-12,15-16H2,2H3. The summed E-state index contributed by atoms with van der Waals surface area (Å²) in [6.07, 6.45) is 1.81. The number of rotatable bonds is 7. The number of carbonyl (C=O) groups is 1. The zero-order valence-electron chi connectivity index (χ0n) is 15.4. The van der Waals surface area contributed by atoms with Crippen molar-refractivity contribution in [3.05, 3.63) is 64.9 Å². The predicted octanol–water partition coefficient (Wildman–Crippen LogP) is 3.39. The Morgan fingerprint density at radius 1 is 1.27 bits per heavy atom. The summed E-state index contributed by atoms with van der Waals surface area (Å²) in [5.74, 6) is 0.181. The van der Waals surface area contributed by atoms with Crippen LogP contribution in [0.2, 0.25) is 0 Å². The number of piperazine rings is 1. The van der Waals surface area contributed by atoms with Gasteiger partial charge in [0.05, 0.1) is 6.54 Å². The highest BCUT2D eigenvalue weighted by Crippen LogP contribution is 2.18. The van der Waals surface area contributed by atoms with Crippen LogP contribution in [0.1, 0.15) is 11.1 Å². The van der Waals surface area contributed by atoms with E-state index in [1.54, 1.807) is 17.4 Å². The largest absolute Gasteiger partial charge is 0.369 e. The summed E-state index contributed by atoms with van der Waals surface area (Å²) in [5.41, 5.74) is 3.75. The fraction of sp³-hybridized carbons (Fsp3) is 0.381. The molecule has 0 radical (unpaired) electrons. The predicted molar refractivity (Wildman–Crippen MR) is 110 cm³/mol. The maximum absolute atomic E-state index is 12.8. The van der Waals surface area contributed by atoms with Crippen molar-refractivity contribution in [2.45, 2.75) is 13.5 Å². The summed E-state index contributed by atoms with van der Waals surface area (Å²) >= 11 is 1.67. The van der Waals surface area contributed by atoms with Gasteiger partial charge >= 0.3 is 0 Å². The van der Waals surface area contributed by atoms with E-state index in [0.717, 1.165) is 26.2 Å². The fourth-order valence-electron chi connectivity index (χ4n) is 3.29. The van der Waals surface area contributed by atoms with Crippen LogP contribution >= 0.6 is 11.3 Å². The molecule has 5 heteroatoms. The molecule has 0 N–H and O–H groups in total. The van der Waals surface area contributed by atoms with Crippen LogP contribution in [-0.2, 0) is 11.3 Å². The van der Waals surface area contributed by atoms with E-state index in [2.05, 4.69) is 64.4 Å². The third-order valence-electron chi connectivity index (χ3n) is 4.75. The SMILES string of the molecule is C=CCN(Cc1ccsc1)C(=O)CN1CCN(c2cccc(C)c2)CC1. The van der Waals surface area contributed by atoms with Crippen LogP contribution in [0.25, 0.3) is 0 Å². The van der Waals surface area contributed by atoms with E-state index in [9.17, 15) is 4.79 Å². The van der Waals surface area contributed by atoms with Gasteiger partial charge in [-0.25, -0.2) is 0 Å². The smallest absolute Gasteiger partial charge is 0.237 e. The molecule has 138 valence electrons. The molecule has 1 aliphatic heterocycles. The Morgan fingerprint density at radius 3 is 2.73 bits per heavy atom. The van der Waals surface area contributed by atoms with Crippen molar-refractivity contribution in [2.75, 3.05) is 44.2 Å². The molecule has 1 aromatic carbocycles. The van der Waals surface area contributed by atoms with Crippen molar-refractivity contribution in [2.24, 2.45) is 0 Å². The van der Waals surface area contributed by atoms with Gasteiger partial charge in [0, 0.05) is 45.0 Å². The number of nitrogens with zero attached hydrogens (tertiary/aromatic N) is 3. The van der Waals surface area contributed by atoms with Gasteiger partial charge in [-0.1, -0.05) is 18.2 Å². The number of aryl methyl sites for hydroxylation is 1. The third-order valence-corrected chi connectivity index (χ3v) is 5.49. The van der Waals surface area contributed by atoms with Crippen molar-refractivity contribution in [3.8, 4) is 0 Å².